The molecule has 4 rings (SSSR count). The molecule has 1 amide bonds. The third-order valence-corrected chi connectivity index (χ3v) is 8.41. The van der Waals surface area contributed by atoms with Crippen LogP contribution in [0.2, 0.25) is 0 Å². The van der Waals surface area contributed by atoms with Crippen LogP contribution in [0.4, 0.5) is 5.13 Å². The van der Waals surface area contributed by atoms with Crippen molar-refractivity contribution < 1.29 is 13.2 Å². The first-order valence-corrected chi connectivity index (χ1v) is 12.5. The number of benzene rings is 2. The van der Waals surface area contributed by atoms with Crippen molar-refractivity contribution in [2.24, 2.45) is 0 Å². The summed E-state index contributed by atoms with van der Waals surface area (Å²) in [4.78, 5) is 24.3. The number of fused-ring (bicyclic) bond motifs is 1. The van der Waals surface area contributed by atoms with Gasteiger partial charge in [0.25, 0.3) is 5.91 Å². The number of para-hydroxylation sites is 1. The number of nitrogens with zero attached hydrogens (tertiary/aromatic N) is 3. The lowest BCUT2D eigenvalue weighted by Gasteiger charge is -2.20. The van der Waals surface area contributed by atoms with Crippen molar-refractivity contribution in [3.63, 3.8) is 0 Å². The Morgan fingerprint density at radius 2 is 1.81 bits per heavy atom. The van der Waals surface area contributed by atoms with Gasteiger partial charge in [-0.2, -0.15) is 0 Å². The van der Waals surface area contributed by atoms with Gasteiger partial charge in [-0.05, 0) is 68.3 Å². The maximum absolute atomic E-state index is 13.5. The van der Waals surface area contributed by atoms with Crippen molar-refractivity contribution >= 4 is 42.4 Å². The Balaban J connectivity index is 1.74. The van der Waals surface area contributed by atoms with Gasteiger partial charge in [-0.15, -0.1) is 0 Å². The molecule has 2 aromatic carbocycles. The molecule has 0 unspecified atom stereocenters. The molecule has 0 aliphatic carbocycles. The third kappa shape index (κ3) is 4.28. The number of carbonyl (C=O) groups is 1. The van der Waals surface area contributed by atoms with Crippen LogP contribution >= 0.6 is 11.3 Å². The molecule has 2 aromatic heterocycles. The van der Waals surface area contributed by atoms with Gasteiger partial charge in [-0.1, -0.05) is 29.5 Å². The summed E-state index contributed by atoms with van der Waals surface area (Å²) in [5.74, 6) is -0.251. The van der Waals surface area contributed by atoms with Crippen molar-refractivity contribution in [3.8, 4) is 0 Å². The number of sulfone groups is 1. The van der Waals surface area contributed by atoms with E-state index in [-0.39, 0.29) is 10.8 Å². The molecular weight excluding hydrogens is 442 g/mol. The van der Waals surface area contributed by atoms with E-state index in [2.05, 4.69) is 4.98 Å². The molecule has 0 radical (unpaired) electrons. The zero-order chi connectivity index (χ0) is 22.9. The van der Waals surface area contributed by atoms with Crippen LogP contribution in [0.1, 0.15) is 35.3 Å². The molecule has 32 heavy (non-hydrogen) atoms. The average Bonchev–Trinajstić information content (AvgIpc) is 3.23. The summed E-state index contributed by atoms with van der Waals surface area (Å²) in [6.07, 6.45) is 3.40. The van der Waals surface area contributed by atoms with Gasteiger partial charge in [0.05, 0.1) is 26.9 Å². The normalized spacial score (nSPS) is 11.8. The van der Waals surface area contributed by atoms with Gasteiger partial charge in [0, 0.05) is 18.0 Å². The van der Waals surface area contributed by atoms with Crippen molar-refractivity contribution in [2.45, 2.75) is 37.5 Å². The molecule has 4 aromatic rings. The number of pyridine rings is 1. The number of carbonyl (C=O) groups excluding carboxylic acids is 1. The van der Waals surface area contributed by atoms with Gasteiger partial charge in [-0.3, -0.25) is 14.7 Å². The monoisotopic (exact) mass is 465 g/mol. The number of aryl methyl sites for hydroxylation is 1. The van der Waals surface area contributed by atoms with E-state index in [1.807, 2.05) is 37.3 Å². The zero-order valence-corrected chi connectivity index (χ0v) is 19.7. The number of aromatic nitrogens is 2. The smallest absolute Gasteiger partial charge is 0.260 e. The number of hydrogen-bond acceptors (Lipinski definition) is 6. The van der Waals surface area contributed by atoms with Crippen LogP contribution in [0, 0.1) is 6.92 Å². The molecule has 0 N–H and O–H groups in total. The van der Waals surface area contributed by atoms with Crippen molar-refractivity contribution in [1.82, 2.24) is 9.97 Å². The Bertz CT molecular complexity index is 1360. The molecule has 0 atom stereocenters. The van der Waals surface area contributed by atoms with E-state index < -0.39 is 15.1 Å². The highest BCUT2D eigenvalue weighted by Gasteiger charge is 2.24. The summed E-state index contributed by atoms with van der Waals surface area (Å²) in [5, 5.41) is 0.0548. The molecule has 0 aliphatic heterocycles. The lowest BCUT2D eigenvalue weighted by atomic mass is 10.2. The maximum Gasteiger partial charge on any atom is 0.260 e. The standard InChI is InChI=1S/C24H23N3O3S2/c1-16(2)32(29,30)20-11-9-19(10-12-20)23(28)27(15-18-7-5-13-25-14-18)24-26-22-17(3)6-4-8-21(22)31-24/h4-14,16H,15H2,1-3H3. The summed E-state index contributed by atoms with van der Waals surface area (Å²) in [7, 11) is -3.41. The largest absolute Gasteiger partial charge is 0.279 e. The van der Waals surface area contributed by atoms with Crippen molar-refractivity contribution in [2.75, 3.05) is 4.90 Å². The number of anilines is 1. The van der Waals surface area contributed by atoms with Crippen LogP contribution < -0.4 is 4.90 Å². The van der Waals surface area contributed by atoms with Gasteiger partial charge >= 0.3 is 0 Å². The molecule has 8 heteroatoms. The highest BCUT2D eigenvalue weighted by Crippen LogP contribution is 2.32. The number of rotatable bonds is 6. The van der Waals surface area contributed by atoms with Crippen LogP contribution in [0.5, 0.6) is 0 Å². The molecule has 0 saturated carbocycles. The molecule has 6 nitrogen and oxygen atoms in total. The third-order valence-electron chi connectivity index (χ3n) is 5.20. The zero-order valence-electron chi connectivity index (χ0n) is 18.0. The van der Waals surface area contributed by atoms with E-state index in [0.717, 1.165) is 21.3 Å². The number of amides is 1. The summed E-state index contributed by atoms with van der Waals surface area (Å²) in [6, 6.07) is 15.8. The summed E-state index contributed by atoms with van der Waals surface area (Å²) >= 11 is 1.45. The predicted octanol–water partition coefficient (Wildman–Crippen LogP) is 5.03. The predicted molar refractivity (Wildman–Crippen MR) is 128 cm³/mol. The molecule has 0 saturated heterocycles. The Hall–Kier alpha value is -3.10. The first-order chi connectivity index (χ1) is 15.3. The quantitative estimate of drug-likeness (QED) is 0.399. The van der Waals surface area contributed by atoms with E-state index >= 15 is 0 Å². The SMILES string of the molecule is Cc1cccc2sc(N(Cc3cccnc3)C(=O)c3ccc(S(=O)(=O)C(C)C)cc3)nc12. The molecule has 0 bridgehead atoms. The first kappa shape index (κ1) is 22.1. The highest BCUT2D eigenvalue weighted by molar-refractivity contribution is 7.92. The Kier molecular flexibility index (Phi) is 6.08. The van der Waals surface area contributed by atoms with E-state index in [9.17, 15) is 13.2 Å². The maximum atomic E-state index is 13.5. The van der Waals surface area contributed by atoms with Gasteiger partial charge in [0.1, 0.15) is 0 Å². The Morgan fingerprint density at radius 3 is 2.44 bits per heavy atom. The van der Waals surface area contributed by atoms with Crippen molar-refractivity contribution in [1.29, 1.82) is 0 Å². The Morgan fingerprint density at radius 1 is 1.06 bits per heavy atom. The minimum atomic E-state index is -3.41. The fourth-order valence-electron chi connectivity index (χ4n) is 3.31. The fourth-order valence-corrected chi connectivity index (χ4v) is 5.41. The summed E-state index contributed by atoms with van der Waals surface area (Å²) in [6.45, 7) is 5.57. The fraction of sp³-hybridized carbons (Fsp3) is 0.208. The lowest BCUT2D eigenvalue weighted by molar-refractivity contribution is 0.0985. The lowest BCUT2D eigenvalue weighted by Crippen LogP contribution is -2.30. The Labute approximate surface area is 191 Å². The number of hydrogen-bond donors (Lipinski definition) is 0. The van der Waals surface area contributed by atoms with Crippen LogP contribution in [0.25, 0.3) is 10.2 Å². The van der Waals surface area contributed by atoms with E-state index in [4.69, 9.17) is 4.98 Å². The van der Waals surface area contributed by atoms with Gasteiger partial charge in [-0.25, -0.2) is 13.4 Å². The summed E-state index contributed by atoms with van der Waals surface area (Å²) in [5.41, 5.74) is 3.18. The molecule has 0 aliphatic rings. The molecule has 0 spiro atoms. The molecule has 164 valence electrons. The second-order valence-corrected chi connectivity index (χ2v) is 11.3. The van der Waals surface area contributed by atoms with Gasteiger partial charge in [0.2, 0.25) is 0 Å². The minimum Gasteiger partial charge on any atom is -0.279 e. The summed E-state index contributed by atoms with van der Waals surface area (Å²) < 4.78 is 25.9. The van der Waals surface area contributed by atoms with Crippen LogP contribution in [0.3, 0.4) is 0 Å². The number of thiazole rings is 1. The topological polar surface area (TPSA) is 80.2 Å². The van der Waals surface area contributed by atoms with Crippen LogP contribution in [-0.2, 0) is 16.4 Å². The van der Waals surface area contributed by atoms with E-state index in [1.165, 1.54) is 23.5 Å². The minimum absolute atomic E-state index is 0.207. The second-order valence-electron chi connectivity index (χ2n) is 7.79. The van der Waals surface area contributed by atoms with Gasteiger partial charge < -0.3 is 0 Å². The molecule has 2 heterocycles. The van der Waals surface area contributed by atoms with Crippen LogP contribution in [0.15, 0.2) is 71.9 Å². The molecular formula is C24H23N3O3S2. The average molecular weight is 466 g/mol. The first-order valence-electron chi connectivity index (χ1n) is 10.2. The second kappa shape index (κ2) is 8.80. The van der Waals surface area contributed by atoms with E-state index in [1.54, 1.807) is 43.3 Å². The highest BCUT2D eigenvalue weighted by atomic mass is 32.2. The van der Waals surface area contributed by atoms with Crippen molar-refractivity contribution in [3.05, 3.63) is 83.7 Å². The van der Waals surface area contributed by atoms with Gasteiger partial charge in [0.15, 0.2) is 15.0 Å². The van der Waals surface area contributed by atoms with Crippen LogP contribution in [-0.4, -0.2) is 29.5 Å². The molecule has 0 fully saturated rings. The van der Waals surface area contributed by atoms with E-state index in [0.29, 0.717) is 17.2 Å².